The minimum Gasteiger partial charge on any atom is -0.325 e. The predicted molar refractivity (Wildman–Crippen MR) is 70.9 cm³/mol. The highest BCUT2D eigenvalue weighted by molar-refractivity contribution is 7.10. The smallest absolute Gasteiger partial charge is 0.225 e. The zero-order valence-electron chi connectivity index (χ0n) is 8.94. The molecule has 0 aliphatic carbocycles. The highest BCUT2D eigenvalue weighted by atomic mass is 35.5. The van der Waals surface area contributed by atoms with Crippen LogP contribution in [0.25, 0.3) is 0 Å². The highest BCUT2D eigenvalue weighted by Gasteiger charge is 2.28. The second-order valence-electron chi connectivity index (χ2n) is 4.02. The molecule has 0 bridgehead atoms. The van der Waals surface area contributed by atoms with Gasteiger partial charge >= 0.3 is 0 Å². The standard InChI is InChI=1S/C13H10ClNOS/c14-10-4-2-1-3-8(10)9-7-12(16)15-11-5-6-17-13(9)11/h1-6,9H,7H2,(H,15,16)/t9-/m1/s1. The molecule has 1 aromatic heterocycles. The van der Waals surface area contributed by atoms with Gasteiger partial charge in [-0.3, -0.25) is 4.79 Å². The summed E-state index contributed by atoms with van der Waals surface area (Å²) in [6.07, 6.45) is 0.469. The SMILES string of the molecule is O=C1C[C@H](c2ccccc2Cl)c2sccc2N1. The summed E-state index contributed by atoms with van der Waals surface area (Å²) in [6.45, 7) is 0. The third-order valence-corrected chi connectivity index (χ3v) is 4.33. The summed E-state index contributed by atoms with van der Waals surface area (Å²) in [5.74, 6) is 0.147. The Morgan fingerprint density at radius 3 is 2.94 bits per heavy atom. The fraction of sp³-hybridized carbons (Fsp3) is 0.154. The average molecular weight is 264 g/mol. The van der Waals surface area contributed by atoms with E-state index in [1.807, 2.05) is 35.7 Å². The maximum absolute atomic E-state index is 11.7. The van der Waals surface area contributed by atoms with Gasteiger partial charge < -0.3 is 5.32 Å². The number of anilines is 1. The van der Waals surface area contributed by atoms with Crippen LogP contribution < -0.4 is 5.32 Å². The van der Waals surface area contributed by atoms with Gasteiger partial charge in [0.05, 0.1) is 5.69 Å². The second-order valence-corrected chi connectivity index (χ2v) is 5.38. The van der Waals surface area contributed by atoms with E-state index in [0.29, 0.717) is 6.42 Å². The number of hydrogen-bond donors (Lipinski definition) is 1. The van der Waals surface area contributed by atoms with Crippen LogP contribution in [-0.2, 0) is 4.79 Å². The molecule has 17 heavy (non-hydrogen) atoms. The largest absolute Gasteiger partial charge is 0.325 e. The molecule has 1 amide bonds. The Balaban J connectivity index is 2.11. The van der Waals surface area contributed by atoms with Crippen molar-refractivity contribution in [2.75, 3.05) is 5.32 Å². The van der Waals surface area contributed by atoms with Crippen molar-refractivity contribution in [2.24, 2.45) is 0 Å². The number of amides is 1. The third kappa shape index (κ3) is 1.85. The summed E-state index contributed by atoms with van der Waals surface area (Å²) in [6, 6.07) is 9.68. The molecule has 1 aliphatic rings. The van der Waals surface area contributed by atoms with Crippen LogP contribution in [-0.4, -0.2) is 5.91 Å². The Hall–Kier alpha value is -1.32. The van der Waals surface area contributed by atoms with Crippen molar-refractivity contribution in [2.45, 2.75) is 12.3 Å². The lowest BCUT2D eigenvalue weighted by molar-refractivity contribution is -0.116. The molecule has 1 aromatic carbocycles. The van der Waals surface area contributed by atoms with Crippen LogP contribution in [0.15, 0.2) is 35.7 Å². The van der Waals surface area contributed by atoms with Crippen LogP contribution in [0.1, 0.15) is 22.8 Å². The number of rotatable bonds is 1. The number of hydrogen-bond acceptors (Lipinski definition) is 2. The van der Waals surface area contributed by atoms with Crippen LogP contribution >= 0.6 is 22.9 Å². The summed E-state index contributed by atoms with van der Waals surface area (Å²) < 4.78 is 0. The van der Waals surface area contributed by atoms with E-state index >= 15 is 0 Å². The number of nitrogens with one attached hydrogen (secondary N) is 1. The first-order valence-corrected chi connectivity index (χ1v) is 6.63. The average Bonchev–Trinajstić information content (AvgIpc) is 2.76. The first-order valence-electron chi connectivity index (χ1n) is 5.37. The monoisotopic (exact) mass is 263 g/mol. The van der Waals surface area contributed by atoms with Gasteiger partial charge in [0.15, 0.2) is 0 Å². The minimum atomic E-state index is 0.0563. The molecule has 1 N–H and O–H groups in total. The van der Waals surface area contributed by atoms with E-state index in [4.69, 9.17) is 11.6 Å². The number of fused-ring (bicyclic) bond motifs is 1. The Morgan fingerprint density at radius 2 is 2.12 bits per heavy atom. The fourth-order valence-corrected chi connectivity index (χ4v) is 3.42. The molecular formula is C13H10ClNOS. The lowest BCUT2D eigenvalue weighted by atomic mass is 9.91. The molecule has 4 heteroatoms. The molecular weight excluding hydrogens is 254 g/mol. The van der Waals surface area contributed by atoms with E-state index < -0.39 is 0 Å². The minimum absolute atomic E-state index is 0.0563. The zero-order valence-corrected chi connectivity index (χ0v) is 10.5. The molecule has 0 saturated carbocycles. The summed E-state index contributed by atoms with van der Waals surface area (Å²) in [5.41, 5.74) is 1.96. The number of carbonyl (C=O) groups is 1. The summed E-state index contributed by atoms with van der Waals surface area (Å²) in [7, 11) is 0. The predicted octanol–water partition coefficient (Wildman–Crippen LogP) is 3.88. The van der Waals surface area contributed by atoms with Gasteiger partial charge in [0.25, 0.3) is 0 Å². The number of carbonyl (C=O) groups excluding carboxylic acids is 1. The second kappa shape index (κ2) is 4.17. The number of thiophene rings is 1. The number of benzene rings is 1. The fourth-order valence-electron chi connectivity index (χ4n) is 2.18. The molecule has 1 aliphatic heterocycles. The molecule has 0 unspecified atom stereocenters. The van der Waals surface area contributed by atoms with Gasteiger partial charge in [-0.15, -0.1) is 11.3 Å². The van der Waals surface area contributed by atoms with Crippen LogP contribution in [0.3, 0.4) is 0 Å². The first-order chi connectivity index (χ1) is 8.25. The normalized spacial score (nSPS) is 18.6. The van der Waals surface area contributed by atoms with Crippen LogP contribution in [0.5, 0.6) is 0 Å². The Bertz CT molecular complexity index is 578. The van der Waals surface area contributed by atoms with Gasteiger partial charge in [-0.2, -0.15) is 0 Å². The van der Waals surface area contributed by atoms with E-state index in [1.165, 1.54) is 4.88 Å². The van der Waals surface area contributed by atoms with Gasteiger partial charge in [-0.25, -0.2) is 0 Å². The molecule has 3 rings (SSSR count). The van der Waals surface area contributed by atoms with Gasteiger partial charge in [-0.1, -0.05) is 29.8 Å². The zero-order chi connectivity index (χ0) is 11.8. The Morgan fingerprint density at radius 1 is 1.29 bits per heavy atom. The van der Waals surface area contributed by atoms with Crippen molar-refractivity contribution in [3.05, 3.63) is 51.2 Å². The van der Waals surface area contributed by atoms with Crippen molar-refractivity contribution < 1.29 is 4.79 Å². The summed E-state index contributed by atoms with van der Waals surface area (Å²) >= 11 is 7.88. The number of halogens is 1. The van der Waals surface area contributed by atoms with Crippen molar-refractivity contribution in [3.8, 4) is 0 Å². The van der Waals surface area contributed by atoms with E-state index in [9.17, 15) is 4.79 Å². The van der Waals surface area contributed by atoms with Crippen LogP contribution in [0.2, 0.25) is 5.02 Å². The van der Waals surface area contributed by atoms with Crippen molar-refractivity contribution in [1.29, 1.82) is 0 Å². The van der Waals surface area contributed by atoms with Gasteiger partial charge in [0, 0.05) is 22.2 Å². The van der Waals surface area contributed by atoms with Gasteiger partial charge in [0.2, 0.25) is 5.91 Å². The molecule has 0 radical (unpaired) electrons. The van der Waals surface area contributed by atoms with Crippen LogP contribution in [0.4, 0.5) is 5.69 Å². The van der Waals surface area contributed by atoms with E-state index in [1.54, 1.807) is 11.3 Å². The Labute approximate surface area is 108 Å². The molecule has 0 spiro atoms. The highest BCUT2D eigenvalue weighted by Crippen LogP contribution is 2.42. The lowest BCUT2D eigenvalue weighted by Gasteiger charge is -2.23. The van der Waals surface area contributed by atoms with Gasteiger partial charge in [0.1, 0.15) is 0 Å². The van der Waals surface area contributed by atoms with E-state index in [-0.39, 0.29) is 11.8 Å². The third-order valence-electron chi connectivity index (χ3n) is 2.96. The first kappa shape index (κ1) is 10.8. The van der Waals surface area contributed by atoms with Crippen molar-refractivity contribution >= 4 is 34.5 Å². The molecule has 0 fully saturated rings. The van der Waals surface area contributed by atoms with Crippen LogP contribution in [0, 0.1) is 0 Å². The molecule has 86 valence electrons. The topological polar surface area (TPSA) is 29.1 Å². The molecule has 0 saturated heterocycles. The lowest BCUT2D eigenvalue weighted by Crippen LogP contribution is -2.22. The molecule has 2 heterocycles. The maximum Gasteiger partial charge on any atom is 0.225 e. The molecule has 1 atom stereocenters. The Kier molecular flexibility index (Phi) is 2.65. The van der Waals surface area contributed by atoms with Gasteiger partial charge in [-0.05, 0) is 23.1 Å². The van der Waals surface area contributed by atoms with Crippen molar-refractivity contribution in [1.82, 2.24) is 0 Å². The van der Waals surface area contributed by atoms with Crippen molar-refractivity contribution in [3.63, 3.8) is 0 Å². The molecule has 2 aromatic rings. The maximum atomic E-state index is 11.7. The summed E-state index contributed by atoms with van der Waals surface area (Å²) in [5, 5.41) is 5.62. The van der Waals surface area contributed by atoms with E-state index in [2.05, 4.69) is 5.32 Å². The molecule has 2 nitrogen and oxygen atoms in total. The quantitative estimate of drug-likeness (QED) is 0.831. The van der Waals surface area contributed by atoms with E-state index in [0.717, 1.165) is 16.3 Å². The summed E-state index contributed by atoms with van der Waals surface area (Å²) in [4.78, 5) is 12.9.